The van der Waals surface area contributed by atoms with Gasteiger partial charge < -0.3 is 10.2 Å². The number of H-pyrrole nitrogens is 1. The van der Waals surface area contributed by atoms with Crippen LogP contribution in [0, 0.1) is 0 Å². The molecule has 26 heavy (non-hydrogen) atoms. The Morgan fingerprint density at radius 2 is 2.19 bits per heavy atom. The highest BCUT2D eigenvalue weighted by atomic mass is 16.1. The van der Waals surface area contributed by atoms with Gasteiger partial charge in [-0.3, -0.25) is 9.78 Å². The van der Waals surface area contributed by atoms with Gasteiger partial charge in [0.1, 0.15) is 11.6 Å². The molecule has 0 aromatic carbocycles. The monoisotopic (exact) mass is 352 g/mol. The zero-order valence-electron chi connectivity index (χ0n) is 14.2. The Hall–Kier alpha value is -3.23. The van der Waals surface area contributed by atoms with Gasteiger partial charge >= 0.3 is 0 Å². The van der Waals surface area contributed by atoms with Gasteiger partial charge in [-0.2, -0.15) is 10.2 Å². The number of aromatic amines is 1. The van der Waals surface area contributed by atoms with Crippen LogP contribution in [0.5, 0.6) is 0 Å². The van der Waals surface area contributed by atoms with E-state index in [4.69, 9.17) is 0 Å². The molecule has 1 saturated heterocycles. The normalized spacial score (nSPS) is 17.2. The van der Waals surface area contributed by atoms with Crippen LogP contribution in [0.1, 0.15) is 19.3 Å². The van der Waals surface area contributed by atoms with Crippen LogP contribution in [-0.2, 0) is 0 Å². The number of aromatic nitrogens is 6. The molecular formula is C17H20N8O. The zero-order valence-corrected chi connectivity index (χ0v) is 14.2. The first kappa shape index (κ1) is 16.2. The number of piperidine rings is 1. The predicted octanol–water partition coefficient (Wildman–Crippen LogP) is 1.22. The van der Waals surface area contributed by atoms with Gasteiger partial charge in [-0.25, -0.2) is 14.8 Å². The Labute approximate surface area is 150 Å². The summed E-state index contributed by atoms with van der Waals surface area (Å²) in [5, 5.41) is 14.2. The Bertz CT molecular complexity index is 887. The largest absolute Gasteiger partial charge is 0.367 e. The number of nitrogens with one attached hydrogen (secondary N) is 2. The molecule has 0 radical (unpaired) electrons. The smallest absolute Gasteiger partial charge is 0.264 e. The first-order valence-electron chi connectivity index (χ1n) is 8.68. The number of nitrogens with zero attached hydrogens (tertiary/aromatic N) is 6. The second-order valence-corrected chi connectivity index (χ2v) is 6.22. The number of anilines is 2. The van der Waals surface area contributed by atoms with Crippen LogP contribution in [0.3, 0.4) is 0 Å². The molecule has 0 spiro atoms. The average Bonchev–Trinajstić information content (AvgIpc) is 3.22. The maximum Gasteiger partial charge on any atom is 0.264 e. The summed E-state index contributed by atoms with van der Waals surface area (Å²) in [5.74, 6) is 2.17. The van der Waals surface area contributed by atoms with E-state index in [1.54, 1.807) is 29.3 Å². The molecule has 0 amide bonds. The van der Waals surface area contributed by atoms with Crippen molar-refractivity contribution < 1.29 is 0 Å². The van der Waals surface area contributed by atoms with E-state index >= 15 is 0 Å². The minimum atomic E-state index is -0.189. The summed E-state index contributed by atoms with van der Waals surface area (Å²) >= 11 is 0. The van der Waals surface area contributed by atoms with Gasteiger partial charge in [0.15, 0.2) is 5.82 Å². The lowest BCUT2D eigenvalue weighted by atomic mass is 10.0. The summed E-state index contributed by atoms with van der Waals surface area (Å²) in [5.41, 5.74) is -0.189. The Morgan fingerprint density at radius 1 is 1.23 bits per heavy atom. The van der Waals surface area contributed by atoms with E-state index in [2.05, 4.69) is 35.5 Å². The van der Waals surface area contributed by atoms with E-state index in [1.807, 2.05) is 12.3 Å². The molecule has 4 heterocycles. The van der Waals surface area contributed by atoms with Gasteiger partial charge in [-0.15, -0.1) is 0 Å². The van der Waals surface area contributed by atoms with E-state index in [0.29, 0.717) is 11.6 Å². The molecule has 0 saturated carbocycles. The molecule has 0 aliphatic carbocycles. The summed E-state index contributed by atoms with van der Waals surface area (Å²) in [6.45, 7) is 1.64. The Balaban J connectivity index is 1.46. The fourth-order valence-electron chi connectivity index (χ4n) is 3.19. The molecule has 9 nitrogen and oxygen atoms in total. The zero-order chi connectivity index (χ0) is 17.8. The Morgan fingerprint density at radius 3 is 3.00 bits per heavy atom. The predicted molar refractivity (Wildman–Crippen MR) is 97.5 cm³/mol. The second-order valence-electron chi connectivity index (χ2n) is 6.22. The lowest BCUT2D eigenvalue weighted by molar-refractivity contribution is 0.467. The molecule has 3 aromatic heterocycles. The van der Waals surface area contributed by atoms with Crippen LogP contribution in [0.15, 0.2) is 47.8 Å². The maximum atomic E-state index is 11.3. The maximum absolute atomic E-state index is 11.3. The second kappa shape index (κ2) is 7.34. The van der Waals surface area contributed by atoms with Gasteiger partial charge in [-0.1, -0.05) is 0 Å². The molecule has 1 fully saturated rings. The molecule has 2 N–H and O–H groups in total. The van der Waals surface area contributed by atoms with Gasteiger partial charge in [0, 0.05) is 37.6 Å². The summed E-state index contributed by atoms with van der Waals surface area (Å²) < 4.78 is 1.68. The van der Waals surface area contributed by atoms with Crippen molar-refractivity contribution >= 4 is 11.6 Å². The summed E-state index contributed by atoms with van der Waals surface area (Å²) in [7, 11) is 0. The van der Waals surface area contributed by atoms with E-state index in [1.165, 1.54) is 12.5 Å². The van der Waals surface area contributed by atoms with Crippen LogP contribution >= 0.6 is 0 Å². The van der Waals surface area contributed by atoms with Crippen LogP contribution in [0.2, 0.25) is 0 Å². The van der Waals surface area contributed by atoms with Crippen molar-refractivity contribution in [3.05, 3.63) is 53.3 Å². The molecule has 4 rings (SSSR count). The van der Waals surface area contributed by atoms with Gasteiger partial charge in [0.05, 0.1) is 12.4 Å². The molecule has 9 heteroatoms. The fourth-order valence-corrected chi connectivity index (χ4v) is 3.19. The van der Waals surface area contributed by atoms with Gasteiger partial charge in [0.25, 0.3) is 5.56 Å². The molecule has 1 unspecified atom stereocenters. The minimum Gasteiger partial charge on any atom is -0.367 e. The summed E-state index contributed by atoms with van der Waals surface area (Å²) in [6, 6.07) is 5.41. The Kier molecular flexibility index (Phi) is 4.59. The van der Waals surface area contributed by atoms with Crippen LogP contribution in [-0.4, -0.2) is 49.1 Å². The molecule has 0 bridgehead atoms. The van der Waals surface area contributed by atoms with E-state index in [-0.39, 0.29) is 11.6 Å². The van der Waals surface area contributed by atoms with Crippen LogP contribution in [0.4, 0.5) is 11.6 Å². The average molecular weight is 352 g/mol. The first-order chi connectivity index (χ1) is 12.8. The highest BCUT2D eigenvalue weighted by Crippen LogP contribution is 2.22. The summed E-state index contributed by atoms with van der Waals surface area (Å²) in [4.78, 5) is 22.3. The van der Waals surface area contributed by atoms with Crippen molar-refractivity contribution in [1.29, 1.82) is 0 Å². The van der Waals surface area contributed by atoms with Crippen molar-refractivity contribution in [1.82, 2.24) is 29.9 Å². The topological polar surface area (TPSA) is 105 Å². The number of hydrogen-bond donors (Lipinski definition) is 2. The van der Waals surface area contributed by atoms with Gasteiger partial charge in [0.2, 0.25) is 0 Å². The first-order valence-corrected chi connectivity index (χ1v) is 8.68. The minimum absolute atomic E-state index is 0.189. The third-order valence-electron chi connectivity index (χ3n) is 4.47. The van der Waals surface area contributed by atoms with Crippen LogP contribution in [0.25, 0.3) is 5.82 Å². The van der Waals surface area contributed by atoms with Crippen molar-refractivity contribution in [2.45, 2.75) is 25.3 Å². The molecular weight excluding hydrogens is 332 g/mol. The van der Waals surface area contributed by atoms with E-state index in [0.717, 1.165) is 31.7 Å². The molecule has 1 atom stereocenters. The highest BCUT2D eigenvalue weighted by Gasteiger charge is 2.23. The quantitative estimate of drug-likeness (QED) is 0.711. The highest BCUT2D eigenvalue weighted by molar-refractivity contribution is 5.41. The van der Waals surface area contributed by atoms with Crippen molar-refractivity contribution in [2.24, 2.45) is 0 Å². The van der Waals surface area contributed by atoms with Crippen molar-refractivity contribution in [2.75, 3.05) is 23.3 Å². The van der Waals surface area contributed by atoms with Crippen LogP contribution < -0.4 is 15.8 Å². The van der Waals surface area contributed by atoms with Gasteiger partial charge in [-0.05, 0) is 31.4 Å². The summed E-state index contributed by atoms with van der Waals surface area (Å²) in [6.07, 6.45) is 10.3. The third kappa shape index (κ3) is 3.56. The lowest BCUT2D eigenvalue weighted by Crippen LogP contribution is -2.44. The standard InChI is InChI=1S/C17H20N8O/c26-17-6-5-15(22-23-17)24-8-2-1-4-13(24)10-19-14-11-18-12-16(21-14)25-9-3-7-20-25/h3,5-7,9,11-13H,1-2,4,8,10H2,(H,19,21)(H,23,26). The molecule has 3 aromatic rings. The molecule has 1 aliphatic rings. The SMILES string of the molecule is O=c1ccc(N2CCCCC2CNc2cncc(-n3cccn3)n2)n[nH]1. The fraction of sp³-hybridized carbons (Fsp3) is 0.353. The number of hydrogen-bond acceptors (Lipinski definition) is 7. The number of rotatable bonds is 5. The van der Waals surface area contributed by atoms with Crippen molar-refractivity contribution in [3.63, 3.8) is 0 Å². The third-order valence-corrected chi connectivity index (χ3v) is 4.47. The van der Waals surface area contributed by atoms with E-state index in [9.17, 15) is 4.79 Å². The van der Waals surface area contributed by atoms with Crippen molar-refractivity contribution in [3.8, 4) is 5.82 Å². The lowest BCUT2D eigenvalue weighted by Gasteiger charge is -2.36. The molecule has 1 aliphatic heterocycles. The molecule has 134 valence electrons. The van der Waals surface area contributed by atoms with E-state index < -0.39 is 0 Å².